The highest BCUT2D eigenvalue weighted by Crippen LogP contribution is 2.08. The van der Waals surface area contributed by atoms with Gasteiger partial charge in [-0.2, -0.15) is 0 Å². The van der Waals surface area contributed by atoms with Crippen LogP contribution in [-0.2, 0) is 0 Å². The molecular formula is C14H24N2. The lowest BCUT2D eigenvalue weighted by Gasteiger charge is -2.05. The largest absolute Gasteiger partial charge is 0.345 e. The van der Waals surface area contributed by atoms with E-state index in [2.05, 4.69) is 37.7 Å². The summed E-state index contributed by atoms with van der Waals surface area (Å²) in [4.78, 5) is 7.07. The molecule has 2 rings (SSSR count). The van der Waals surface area contributed by atoms with Crippen LogP contribution in [-0.4, -0.2) is 9.97 Å². The summed E-state index contributed by atoms with van der Waals surface area (Å²) in [7, 11) is 0. The van der Waals surface area contributed by atoms with Crippen LogP contribution in [0.3, 0.4) is 0 Å². The lowest BCUT2D eigenvalue weighted by molar-refractivity contribution is 0.469. The summed E-state index contributed by atoms with van der Waals surface area (Å²) in [5.74, 6) is 0. The van der Waals surface area contributed by atoms with Crippen LogP contribution < -0.4 is 0 Å². The molecule has 16 heavy (non-hydrogen) atoms. The number of benzene rings is 1. The lowest BCUT2D eigenvalue weighted by atomic mass is 10.0. The van der Waals surface area contributed by atoms with E-state index in [9.17, 15) is 0 Å². The van der Waals surface area contributed by atoms with Gasteiger partial charge in [-0.1, -0.05) is 53.7 Å². The Kier molecular flexibility index (Phi) is 6.47. The molecule has 0 atom stereocenters. The molecule has 0 bridgehead atoms. The average Bonchev–Trinajstić information content (AvgIpc) is 2.66. The highest BCUT2D eigenvalue weighted by molar-refractivity contribution is 5.73. The topological polar surface area (TPSA) is 28.7 Å². The summed E-state index contributed by atoms with van der Waals surface area (Å²) < 4.78 is 0. The van der Waals surface area contributed by atoms with Crippen LogP contribution in [0.5, 0.6) is 0 Å². The van der Waals surface area contributed by atoms with Gasteiger partial charge in [0.25, 0.3) is 0 Å². The van der Waals surface area contributed by atoms with Crippen LogP contribution in [0.4, 0.5) is 0 Å². The molecule has 2 heteroatoms. The molecule has 1 aromatic carbocycles. The maximum atomic E-state index is 4.06. The van der Waals surface area contributed by atoms with Crippen LogP contribution >= 0.6 is 0 Å². The zero-order chi connectivity index (χ0) is 12.6. The Bertz CT molecular complexity index is 347. The highest BCUT2D eigenvalue weighted by Gasteiger charge is 1.95. The average molecular weight is 220 g/mol. The highest BCUT2D eigenvalue weighted by atomic mass is 14.9. The normalized spacial score (nSPS) is 9.88. The SMILES string of the molecule is CC.CC(C)(C)C.c1ccc2[nH]cnc2c1. The lowest BCUT2D eigenvalue weighted by Crippen LogP contribution is -1.93. The van der Waals surface area contributed by atoms with Crippen molar-refractivity contribution in [3.63, 3.8) is 0 Å². The van der Waals surface area contributed by atoms with E-state index >= 15 is 0 Å². The molecule has 90 valence electrons. The predicted molar refractivity (Wildman–Crippen MR) is 72.6 cm³/mol. The Labute approximate surface area is 99.1 Å². The number of H-pyrrole nitrogens is 1. The van der Waals surface area contributed by atoms with Crippen LogP contribution in [0, 0.1) is 5.41 Å². The van der Waals surface area contributed by atoms with Gasteiger partial charge in [0.2, 0.25) is 0 Å². The second-order valence-corrected chi connectivity index (χ2v) is 4.92. The number of hydrogen-bond donors (Lipinski definition) is 1. The summed E-state index contributed by atoms with van der Waals surface area (Å²) in [6, 6.07) is 7.94. The van der Waals surface area contributed by atoms with E-state index in [1.807, 2.05) is 38.1 Å². The smallest absolute Gasteiger partial charge is 0.0931 e. The molecule has 0 aliphatic heterocycles. The van der Waals surface area contributed by atoms with Gasteiger partial charge in [0.15, 0.2) is 0 Å². The zero-order valence-electron chi connectivity index (χ0n) is 11.3. The van der Waals surface area contributed by atoms with Crippen molar-refractivity contribution in [3.8, 4) is 0 Å². The second kappa shape index (κ2) is 7.04. The second-order valence-electron chi connectivity index (χ2n) is 4.92. The minimum Gasteiger partial charge on any atom is -0.345 e. The number of imidazole rings is 1. The third-order valence-electron chi connectivity index (χ3n) is 1.33. The Balaban J connectivity index is 0.000000280. The Hall–Kier alpha value is -1.31. The maximum Gasteiger partial charge on any atom is 0.0931 e. The predicted octanol–water partition coefficient (Wildman–Crippen LogP) is 4.64. The quantitative estimate of drug-likeness (QED) is 0.688. The van der Waals surface area contributed by atoms with E-state index in [0.29, 0.717) is 5.41 Å². The van der Waals surface area contributed by atoms with Crippen molar-refractivity contribution < 1.29 is 0 Å². The molecule has 0 spiro atoms. The number of para-hydroxylation sites is 2. The fourth-order valence-electron chi connectivity index (χ4n) is 0.880. The third kappa shape index (κ3) is 7.04. The van der Waals surface area contributed by atoms with Crippen molar-refractivity contribution in [2.45, 2.75) is 41.5 Å². The van der Waals surface area contributed by atoms with Gasteiger partial charge < -0.3 is 4.98 Å². The molecule has 0 saturated carbocycles. The first-order valence-corrected chi connectivity index (χ1v) is 5.85. The number of aromatic nitrogens is 2. The molecule has 0 amide bonds. The molecule has 1 N–H and O–H groups in total. The van der Waals surface area contributed by atoms with Gasteiger partial charge in [-0.15, -0.1) is 0 Å². The Morgan fingerprint density at radius 1 is 1.00 bits per heavy atom. The third-order valence-corrected chi connectivity index (χ3v) is 1.33. The van der Waals surface area contributed by atoms with Crippen molar-refractivity contribution in [2.75, 3.05) is 0 Å². The number of nitrogens with one attached hydrogen (secondary N) is 1. The van der Waals surface area contributed by atoms with E-state index in [1.165, 1.54) is 0 Å². The van der Waals surface area contributed by atoms with E-state index in [1.54, 1.807) is 6.33 Å². The molecule has 0 saturated heterocycles. The molecule has 0 unspecified atom stereocenters. The van der Waals surface area contributed by atoms with Gasteiger partial charge in [0, 0.05) is 0 Å². The van der Waals surface area contributed by atoms with Gasteiger partial charge in [-0.3, -0.25) is 0 Å². The van der Waals surface area contributed by atoms with Crippen molar-refractivity contribution in [1.29, 1.82) is 0 Å². The number of aromatic amines is 1. The fraction of sp³-hybridized carbons (Fsp3) is 0.500. The summed E-state index contributed by atoms with van der Waals surface area (Å²) >= 11 is 0. The first-order valence-electron chi connectivity index (χ1n) is 5.85. The summed E-state index contributed by atoms with van der Waals surface area (Å²) in [5.41, 5.74) is 2.62. The van der Waals surface area contributed by atoms with Crippen molar-refractivity contribution in [3.05, 3.63) is 30.6 Å². The van der Waals surface area contributed by atoms with Gasteiger partial charge in [-0.25, -0.2) is 4.98 Å². The van der Waals surface area contributed by atoms with E-state index < -0.39 is 0 Å². The van der Waals surface area contributed by atoms with E-state index in [-0.39, 0.29) is 0 Å². The van der Waals surface area contributed by atoms with Gasteiger partial charge in [-0.05, 0) is 17.5 Å². The van der Waals surface area contributed by atoms with Gasteiger partial charge in [0.05, 0.1) is 17.4 Å². The number of fused-ring (bicyclic) bond motifs is 1. The molecule has 0 aliphatic rings. The van der Waals surface area contributed by atoms with E-state index in [4.69, 9.17) is 0 Å². The summed E-state index contributed by atoms with van der Waals surface area (Å²) in [6.07, 6.45) is 1.70. The molecular weight excluding hydrogens is 196 g/mol. The summed E-state index contributed by atoms with van der Waals surface area (Å²) in [5, 5.41) is 0. The minimum absolute atomic E-state index is 0.500. The molecule has 0 fully saturated rings. The minimum atomic E-state index is 0.500. The monoisotopic (exact) mass is 220 g/mol. The van der Waals surface area contributed by atoms with Crippen LogP contribution in [0.1, 0.15) is 41.5 Å². The maximum absolute atomic E-state index is 4.06. The summed E-state index contributed by atoms with van der Waals surface area (Å²) in [6.45, 7) is 12.8. The Morgan fingerprint density at radius 2 is 1.50 bits per heavy atom. The number of rotatable bonds is 0. The number of nitrogens with zero attached hydrogens (tertiary/aromatic N) is 1. The standard InChI is InChI=1S/C7H6N2.C5H12.C2H6/c1-2-4-7-6(3-1)8-5-9-7;1-5(2,3)4;1-2/h1-5H,(H,8,9);1-4H3;1-2H3. The Morgan fingerprint density at radius 3 is 2.00 bits per heavy atom. The molecule has 0 aliphatic carbocycles. The van der Waals surface area contributed by atoms with E-state index in [0.717, 1.165) is 11.0 Å². The molecule has 2 nitrogen and oxygen atoms in total. The molecule has 1 aromatic heterocycles. The number of hydrogen-bond acceptors (Lipinski definition) is 1. The van der Waals surface area contributed by atoms with Gasteiger partial charge in [0.1, 0.15) is 0 Å². The van der Waals surface area contributed by atoms with Gasteiger partial charge >= 0.3 is 0 Å². The molecule has 0 radical (unpaired) electrons. The van der Waals surface area contributed by atoms with Crippen molar-refractivity contribution in [1.82, 2.24) is 9.97 Å². The fourth-order valence-corrected chi connectivity index (χ4v) is 0.880. The zero-order valence-corrected chi connectivity index (χ0v) is 11.3. The molecule has 2 aromatic rings. The molecule has 1 heterocycles. The van der Waals surface area contributed by atoms with Crippen LogP contribution in [0.25, 0.3) is 11.0 Å². The van der Waals surface area contributed by atoms with Crippen molar-refractivity contribution in [2.24, 2.45) is 5.41 Å². The first-order chi connectivity index (χ1) is 7.47. The first kappa shape index (κ1) is 14.7. The van der Waals surface area contributed by atoms with Crippen molar-refractivity contribution >= 4 is 11.0 Å². The van der Waals surface area contributed by atoms with Crippen LogP contribution in [0.15, 0.2) is 30.6 Å². The van der Waals surface area contributed by atoms with Crippen LogP contribution in [0.2, 0.25) is 0 Å².